The minimum atomic E-state index is -1.35. The van der Waals surface area contributed by atoms with Gasteiger partial charge in [0, 0.05) is 36.1 Å². The van der Waals surface area contributed by atoms with Crippen LogP contribution in [0.15, 0.2) is 18.2 Å². The second-order valence-electron chi connectivity index (χ2n) is 10.0. The van der Waals surface area contributed by atoms with E-state index in [4.69, 9.17) is 5.41 Å². The molecule has 1 aliphatic heterocycles. The van der Waals surface area contributed by atoms with E-state index in [1.165, 1.54) is 5.56 Å². The normalized spacial score (nSPS) is 28.3. The molecule has 6 heteroatoms. The Bertz CT molecular complexity index is 904. The molecule has 0 bridgehead atoms. The Balaban J connectivity index is 1.91. The Kier molecular flexibility index (Phi) is 7.60. The molecule has 0 spiro atoms. The molecular weight excluding hydrogens is 416 g/mol. The summed E-state index contributed by atoms with van der Waals surface area (Å²) in [4.78, 5) is 15.9. The number of hydrogen-bond acceptors (Lipinski definition) is 4. The van der Waals surface area contributed by atoms with E-state index in [0.717, 1.165) is 47.8 Å². The molecular formula is C26H40N4OS. The predicted octanol–water partition coefficient (Wildman–Crippen LogP) is 5.56. The van der Waals surface area contributed by atoms with Crippen molar-refractivity contribution in [2.75, 3.05) is 29.6 Å². The topological polar surface area (TPSA) is 80.0 Å². The third-order valence-corrected chi connectivity index (χ3v) is 10.9. The highest BCUT2D eigenvalue weighted by atomic mass is 32.3. The number of carbonyl (C=O) groups is 1. The molecule has 2 N–H and O–H groups in total. The number of benzene rings is 1. The number of nitriles is 1. The van der Waals surface area contributed by atoms with Crippen LogP contribution in [0.2, 0.25) is 0 Å². The largest absolute Gasteiger partial charge is 0.388 e. The van der Waals surface area contributed by atoms with Gasteiger partial charge in [0.1, 0.15) is 5.40 Å². The van der Waals surface area contributed by atoms with E-state index in [1.54, 1.807) is 0 Å². The van der Waals surface area contributed by atoms with Crippen LogP contribution in [0.4, 0.5) is 5.69 Å². The van der Waals surface area contributed by atoms with Gasteiger partial charge in [-0.1, -0.05) is 26.0 Å². The lowest BCUT2D eigenvalue weighted by Crippen LogP contribution is -2.53. The van der Waals surface area contributed by atoms with Crippen molar-refractivity contribution < 1.29 is 4.79 Å². The smallest absolute Gasteiger partial charge is 0.231 e. The summed E-state index contributed by atoms with van der Waals surface area (Å²) in [5.74, 6) is 3.16. The van der Waals surface area contributed by atoms with E-state index in [9.17, 15) is 10.1 Å². The third kappa shape index (κ3) is 4.83. The quantitative estimate of drug-likeness (QED) is 0.397. The molecule has 3 rings (SSSR count). The molecule has 5 nitrogen and oxygen atoms in total. The van der Waals surface area contributed by atoms with Crippen LogP contribution in [0.3, 0.4) is 0 Å². The van der Waals surface area contributed by atoms with Gasteiger partial charge in [-0.3, -0.25) is 4.79 Å². The highest BCUT2D eigenvalue weighted by Gasteiger charge is 2.41. The first-order valence-corrected chi connectivity index (χ1v) is 14.2. The Morgan fingerprint density at radius 1 is 1.31 bits per heavy atom. The zero-order chi connectivity index (χ0) is 23.6. The second kappa shape index (κ2) is 9.87. The van der Waals surface area contributed by atoms with Gasteiger partial charge in [0.05, 0.1) is 11.6 Å². The molecule has 32 heavy (non-hydrogen) atoms. The molecule has 4 unspecified atom stereocenters. The van der Waals surface area contributed by atoms with E-state index in [-0.39, 0.29) is 18.0 Å². The van der Waals surface area contributed by atoms with Crippen molar-refractivity contribution in [3.8, 4) is 5.40 Å². The Hall–Kier alpha value is -2.00. The number of thiocyanates is 1. The van der Waals surface area contributed by atoms with Gasteiger partial charge in [0.25, 0.3) is 0 Å². The third-order valence-electron chi connectivity index (χ3n) is 7.20. The molecule has 0 radical (unpaired) electrons. The standard InChI is InChI=1S/C26H40N4OS/c1-7-32(16-27)14-18(4)13-21(15-32)30(17(2)3)26(31)19(5)25(28)24-22(20-11-12-20)9-8-10-23(24)29-6/h8-10,17-21,28-29H,7,11-15H2,1-6H3. The highest BCUT2D eigenvalue weighted by Crippen LogP contribution is 2.53. The van der Waals surface area contributed by atoms with Crippen LogP contribution < -0.4 is 5.32 Å². The van der Waals surface area contributed by atoms with Gasteiger partial charge < -0.3 is 15.6 Å². The van der Waals surface area contributed by atoms with Gasteiger partial charge in [-0.2, -0.15) is 15.3 Å². The minimum absolute atomic E-state index is 0.0269. The maximum atomic E-state index is 13.9. The lowest BCUT2D eigenvalue weighted by atomic mass is 9.89. The van der Waals surface area contributed by atoms with Crippen molar-refractivity contribution >= 4 is 27.3 Å². The first-order valence-electron chi connectivity index (χ1n) is 12.1. The van der Waals surface area contributed by atoms with Crippen LogP contribution in [0.5, 0.6) is 0 Å². The predicted molar refractivity (Wildman–Crippen MR) is 137 cm³/mol. The van der Waals surface area contributed by atoms with Gasteiger partial charge >= 0.3 is 0 Å². The monoisotopic (exact) mass is 456 g/mol. The molecule has 1 saturated carbocycles. The first-order chi connectivity index (χ1) is 15.2. The number of nitrogens with zero attached hydrogens (tertiary/aromatic N) is 2. The summed E-state index contributed by atoms with van der Waals surface area (Å²) in [6.45, 7) is 10.4. The fourth-order valence-corrected chi connectivity index (χ4v) is 8.53. The lowest BCUT2D eigenvalue weighted by molar-refractivity contribution is -0.137. The zero-order valence-electron chi connectivity index (χ0n) is 20.6. The van der Waals surface area contributed by atoms with Crippen LogP contribution in [-0.2, 0) is 4.79 Å². The van der Waals surface area contributed by atoms with E-state index >= 15 is 0 Å². The summed E-state index contributed by atoms with van der Waals surface area (Å²) in [6.07, 6.45) is 3.26. The van der Waals surface area contributed by atoms with Crippen LogP contribution in [0.1, 0.15) is 70.9 Å². The lowest BCUT2D eigenvalue weighted by Gasteiger charge is -2.48. The molecule has 2 aliphatic rings. The number of carbonyl (C=O) groups excluding carboxylic acids is 1. The van der Waals surface area contributed by atoms with Crippen LogP contribution in [-0.4, -0.2) is 52.9 Å². The second-order valence-corrected chi connectivity index (χ2v) is 13.5. The molecule has 0 aromatic heterocycles. The average molecular weight is 457 g/mol. The van der Waals surface area contributed by atoms with E-state index in [2.05, 4.69) is 44.5 Å². The van der Waals surface area contributed by atoms with Gasteiger partial charge in [-0.05, 0) is 75.0 Å². The minimum Gasteiger partial charge on any atom is -0.388 e. The molecule has 1 aromatic rings. The Labute approximate surface area is 195 Å². The van der Waals surface area contributed by atoms with Gasteiger partial charge in [0.15, 0.2) is 0 Å². The summed E-state index contributed by atoms with van der Waals surface area (Å²) < 4.78 is 0. The maximum Gasteiger partial charge on any atom is 0.231 e. The average Bonchev–Trinajstić information content (AvgIpc) is 3.62. The van der Waals surface area contributed by atoms with Crippen LogP contribution >= 0.6 is 10.0 Å². The molecule has 2 fully saturated rings. The van der Waals surface area contributed by atoms with Gasteiger partial charge in [-0.25, -0.2) is 0 Å². The molecule has 176 valence electrons. The molecule has 4 atom stereocenters. The van der Waals surface area contributed by atoms with E-state index in [0.29, 0.717) is 17.5 Å². The fourth-order valence-electron chi connectivity index (χ4n) is 5.38. The zero-order valence-corrected chi connectivity index (χ0v) is 21.4. The summed E-state index contributed by atoms with van der Waals surface area (Å²) in [5, 5.41) is 25.0. The van der Waals surface area contributed by atoms with Gasteiger partial charge in [0.2, 0.25) is 5.91 Å². The summed E-state index contributed by atoms with van der Waals surface area (Å²) in [5.41, 5.74) is 3.44. The van der Waals surface area contributed by atoms with Crippen molar-refractivity contribution in [2.45, 2.75) is 71.9 Å². The molecule has 1 aromatic carbocycles. The van der Waals surface area contributed by atoms with E-state index in [1.807, 2.05) is 31.0 Å². The Morgan fingerprint density at radius 2 is 2.00 bits per heavy atom. The maximum absolute atomic E-state index is 13.9. The first kappa shape index (κ1) is 24.6. The SMILES string of the molecule is CCS1(C#N)CC(C)CC(N(C(=O)C(C)C(=N)c2c(NC)cccc2C2CC2)C(C)C)C1. The number of anilines is 1. The van der Waals surface area contributed by atoms with Crippen molar-refractivity contribution in [1.82, 2.24) is 4.90 Å². The summed E-state index contributed by atoms with van der Waals surface area (Å²) in [6, 6.07) is 6.29. The summed E-state index contributed by atoms with van der Waals surface area (Å²) >= 11 is 0. The van der Waals surface area contributed by atoms with E-state index < -0.39 is 15.9 Å². The summed E-state index contributed by atoms with van der Waals surface area (Å²) in [7, 11) is 0.529. The number of amides is 1. The molecule has 1 heterocycles. The number of hydrogen-bond donors (Lipinski definition) is 2. The molecule has 1 aliphatic carbocycles. The van der Waals surface area contributed by atoms with Crippen molar-refractivity contribution in [3.63, 3.8) is 0 Å². The Morgan fingerprint density at radius 3 is 2.53 bits per heavy atom. The van der Waals surface area contributed by atoms with Gasteiger partial charge in [-0.15, -0.1) is 0 Å². The van der Waals surface area contributed by atoms with Crippen LogP contribution in [0, 0.1) is 27.9 Å². The molecule has 1 amide bonds. The number of nitrogens with one attached hydrogen (secondary N) is 2. The molecule has 1 saturated heterocycles. The van der Waals surface area contributed by atoms with Crippen molar-refractivity contribution in [3.05, 3.63) is 29.3 Å². The van der Waals surface area contributed by atoms with Crippen LogP contribution in [0.25, 0.3) is 0 Å². The van der Waals surface area contributed by atoms with Crippen molar-refractivity contribution in [2.24, 2.45) is 11.8 Å². The van der Waals surface area contributed by atoms with Crippen molar-refractivity contribution in [1.29, 1.82) is 10.7 Å². The fraction of sp³-hybridized carbons (Fsp3) is 0.654. The highest BCUT2D eigenvalue weighted by molar-refractivity contribution is 8.37. The number of rotatable bonds is 8.